The Labute approximate surface area is 80.7 Å². The van der Waals surface area contributed by atoms with Gasteiger partial charge in [0.05, 0.1) is 19.8 Å². The molecule has 1 unspecified atom stereocenters. The van der Waals surface area contributed by atoms with Crippen LogP contribution < -0.4 is 0 Å². The summed E-state index contributed by atoms with van der Waals surface area (Å²) in [5.41, 5.74) is 1.07. The third-order valence-corrected chi connectivity index (χ3v) is 1.90. The van der Waals surface area contributed by atoms with Crippen molar-refractivity contribution >= 4 is 0 Å². The van der Waals surface area contributed by atoms with Crippen LogP contribution in [0, 0.1) is 0 Å². The van der Waals surface area contributed by atoms with E-state index in [0.29, 0.717) is 19.8 Å². The van der Waals surface area contributed by atoms with Gasteiger partial charge in [-0.2, -0.15) is 0 Å². The van der Waals surface area contributed by atoms with Gasteiger partial charge in [0.15, 0.2) is 0 Å². The van der Waals surface area contributed by atoms with Crippen LogP contribution in [0.2, 0.25) is 0 Å². The molecular formula is C10H20O3. The molecule has 3 nitrogen and oxygen atoms in total. The average Bonchev–Trinajstić information content (AvgIpc) is 2.17. The minimum absolute atomic E-state index is 0.0156. The molecule has 0 amide bonds. The minimum atomic E-state index is 0.0156. The molecule has 0 fully saturated rings. The summed E-state index contributed by atoms with van der Waals surface area (Å²) in [7, 11) is 3.33. The number of methoxy groups -OCH3 is 2. The molecule has 0 saturated carbocycles. The zero-order chi connectivity index (χ0) is 10.1. The summed E-state index contributed by atoms with van der Waals surface area (Å²) in [5.74, 6) is 0. The maximum absolute atomic E-state index is 5.34. The van der Waals surface area contributed by atoms with Crippen LogP contribution in [0.15, 0.2) is 12.2 Å². The Hall–Kier alpha value is -0.380. The van der Waals surface area contributed by atoms with Crippen molar-refractivity contribution in [3.05, 3.63) is 12.2 Å². The second kappa shape index (κ2) is 8.23. The van der Waals surface area contributed by atoms with Crippen LogP contribution in [-0.4, -0.2) is 40.1 Å². The van der Waals surface area contributed by atoms with Gasteiger partial charge in [0.1, 0.15) is 6.10 Å². The molecule has 3 heteroatoms. The molecule has 0 aliphatic rings. The Morgan fingerprint density at radius 3 is 2.46 bits per heavy atom. The highest BCUT2D eigenvalue weighted by molar-refractivity contribution is 5.01. The highest BCUT2D eigenvalue weighted by Crippen LogP contribution is 2.07. The molecule has 0 aliphatic heterocycles. The maximum atomic E-state index is 5.34. The Morgan fingerprint density at radius 1 is 1.31 bits per heavy atom. The van der Waals surface area contributed by atoms with E-state index in [1.54, 1.807) is 14.2 Å². The zero-order valence-electron chi connectivity index (χ0n) is 8.84. The van der Waals surface area contributed by atoms with Gasteiger partial charge in [0.25, 0.3) is 0 Å². The summed E-state index contributed by atoms with van der Waals surface area (Å²) in [4.78, 5) is 0. The fraction of sp³-hybridized carbons (Fsp3) is 0.800. The Bertz CT molecular complexity index is 134. The number of ether oxygens (including phenoxy) is 3. The highest BCUT2D eigenvalue weighted by atomic mass is 16.5. The first-order valence-corrected chi connectivity index (χ1v) is 4.53. The number of hydrogen-bond donors (Lipinski definition) is 0. The van der Waals surface area contributed by atoms with E-state index in [2.05, 4.69) is 13.5 Å². The third kappa shape index (κ3) is 5.80. The fourth-order valence-corrected chi connectivity index (χ4v) is 0.913. The molecule has 0 spiro atoms. The summed E-state index contributed by atoms with van der Waals surface area (Å²) in [6, 6.07) is 0. The van der Waals surface area contributed by atoms with E-state index in [0.717, 1.165) is 12.0 Å². The van der Waals surface area contributed by atoms with Gasteiger partial charge in [-0.1, -0.05) is 13.5 Å². The second-order valence-corrected chi connectivity index (χ2v) is 2.80. The van der Waals surface area contributed by atoms with Crippen LogP contribution >= 0.6 is 0 Å². The molecule has 0 bridgehead atoms. The van der Waals surface area contributed by atoms with E-state index in [-0.39, 0.29) is 6.10 Å². The molecule has 0 rings (SSSR count). The lowest BCUT2D eigenvalue weighted by Crippen LogP contribution is -2.21. The summed E-state index contributed by atoms with van der Waals surface area (Å²) in [5, 5.41) is 0. The molecule has 1 atom stereocenters. The molecule has 0 radical (unpaired) electrons. The molecule has 78 valence electrons. The summed E-state index contributed by atoms with van der Waals surface area (Å²) in [6.07, 6.45) is 0.938. The van der Waals surface area contributed by atoms with Crippen molar-refractivity contribution < 1.29 is 14.2 Å². The van der Waals surface area contributed by atoms with Gasteiger partial charge in [-0.25, -0.2) is 0 Å². The SMILES string of the molecule is C=C(CC)C(COCCOC)OC. The maximum Gasteiger partial charge on any atom is 0.101 e. The lowest BCUT2D eigenvalue weighted by molar-refractivity contribution is 0.00710. The van der Waals surface area contributed by atoms with E-state index in [9.17, 15) is 0 Å². The molecule has 0 N–H and O–H groups in total. The largest absolute Gasteiger partial charge is 0.382 e. The van der Waals surface area contributed by atoms with Gasteiger partial charge in [-0.05, 0) is 12.0 Å². The van der Waals surface area contributed by atoms with Gasteiger partial charge in [0, 0.05) is 14.2 Å². The highest BCUT2D eigenvalue weighted by Gasteiger charge is 2.09. The monoisotopic (exact) mass is 188 g/mol. The van der Waals surface area contributed by atoms with Gasteiger partial charge >= 0.3 is 0 Å². The molecule has 0 saturated heterocycles. The number of hydrogen-bond acceptors (Lipinski definition) is 3. The normalized spacial score (nSPS) is 12.8. The predicted molar refractivity (Wildman–Crippen MR) is 52.9 cm³/mol. The van der Waals surface area contributed by atoms with Crippen LogP contribution in [0.5, 0.6) is 0 Å². The van der Waals surface area contributed by atoms with Gasteiger partial charge in [-0.15, -0.1) is 0 Å². The standard InChI is InChI=1S/C10H20O3/c1-5-9(2)10(12-4)8-13-7-6-11-3/h10H,2,5-8H2,1,3-4H3. The van der Waals surface area contributed by atoms with Crippen LogP contribution in [0.3, 0.4) is 0 Å². The van der Waals surface area contributed by atoms with Gasteiger partial charge < -0.3 is 14.2 Å². The van der Waals surface area contributed by atoms with Crippen molar-refractivity contribution in [1.82, 2.24) is 0 Å². The lowest BCUT2D eigenvalue weighted by atomic mass is 10.1. The first kappa shape index (κ1) is 12.6. The Kier molecular flexibility index (Phi) is 7.99. The van der Waals surface area contributed by atoms with Crippen molar-refractivity contribution in [3.63, 3.8) is 0 Å². The molecular weight excluding hydrogens is 168 g/mol. The van der Waals surface area contributed by atoms with Gasteiger partial charge in [0.2, 0.25) is 0 Å². The van der Waals surface area contributed by atoms with Crippen LogP contribution in [-0.2, 0) is 14.2 Å². The molecule has 0 aromatic rings. The summed E-state index contributed by atoms with van der Waals surface area (Å²) >= 11 is 0. The van der Waals surface area contributed by atoms with Crippen molar-refractivity contribution in [2.75, 3.05) is 34.0 Å². The molecule has 0 aliphatic carbocycles. The van der Waals surface area contributed by atoms with Crippen LogP contribution in [0.4, 0.5) is 0 Å². The average molecular weight is 188 g/mol. The fourth-order valence-electron chi connectivity index (χ4n) is 0.913. The van der Waals surface area contributed by atoms with Crippen molar-refractivity contribution in [3.8, 4) is 0 Å². The molecule has 0 aromatic carbocycles. The van der Waals surface area contributed by atoms with Crippen LogP contribution in [0.1, 0.15) is 13.3 Å². The van der Waals surface area contributed by atoms with E-state index >= 15 is 0 Å². The molecule has 13 heavy (non-hydrogen) atoms. The van der Waals surface area contributed by atoms with E-state index < -0.39 is 0 Å². The van der Waals surface area contributed by atoms with E-state index in [1.165, 1.54) is 0 Å². The lowest BCUT2D eigenvalue weighted by Gasteiger charge is -2.16. The van der Waals surface area contributed by atoms with Gasteiger partial charge in [-0.3, -0.25) is 0 Å². The van der Waals surface area contributed by atoms with Crippen molar-refractivity contribution in [2.45, 2.75) is 19.4 Å². The predicted octanol–water partition coefficient (Wildman–Crippen LogP) is 1.63. The Balaban J connectivity index is 3.53. The van der Waals surface area contributed by atoms with Crippen LogP contribution in [0.25, 0.3) is 0 Å². The van der Waals surface area contributed by atoms with E-state index in [1.807, 2.05) is 0 Å². The number of rotatable bonds is 8. The first-order chi connectivity index (χ1) is 6.26. The van der Waals surface area contributed by atoms with Crippen molar-refractivity contribution in [2.24, 2.45) is 0 Å². The smallest absolute Gasteiger partial charge is 0.101 e. The molecule has 0 heterocycles. The minimum Gasteiger partial charge on any atom is -0.382 e. The molecule has 0 aromatic heterocycles. The summed E-state index contributed by atoms with van der Waals surface area (Å²) < 4.78 is 15.4. The summed E-state index contributed by atoms with van der Waals surface area (Å²) in [6.45, 7) is 7.75. The van der Waals surface area contributed by atoms with Crippen molar-refractivity contribution in [1.29, 1.82) is 0 Å². The second-order valence-electron chi connectivity index (χ2n) is 2.80. The topological polar surface area (TPSA) is 27.7 Å². The first-order valence-electron chi connectivity index (χ1n) is 4.53. The Morgan fingerprint density at radius 2 is 2.00 bits per heavy atom. The third-order valence-electron chi connectivity index (χ3n) is 1.90. The zero-order valence-corrected chi connectivity index (χ0v) is 8.84. The van der Waals surface area contributed by atoms with E-state index in [4.69, 9.17) is 14.2 Å². The quantitative estimate of drug-likeness (QED) is 0.428.